The molecule has 0 spiro atoms. The lowest BCUT2D eigenvalue weighted by Gasteiger charge is -2.07. The Kier molecular flexibility index (Phi) is 3.03. The van der Waals surface area contributed by atoms with E-state index in [0.29, 0.717) is 5.56 Å². The van der Waals surface area contributed by atoms with Crippen LogP contribution in [0.4, 0.5) is 4.39 Å². The lowest BCUT2D eigenvalue weighted by Crippen LogP contribution is -1.98. The van der Waals surface area contributed by atoms with Gasteiger partial charge in [0.15, 0.2) is 0 Å². The van der Waals surface area contributed by atoms with E-state index in [2.05, 4.69) is 4.98 Å². The van der Waals surface area contributed by atoms with Crippen molar-refractivity contribution >= 4 is 11.3 Å². The third kappa shape index (κ3) is 2.13. The van der Waals surface area contributed by atoms with Crippen LogP contribution in [-0.2, 0) is 0 Å². The highest BCUT2D eigenvalue weighted by molar-refractivity contribution is 7.12. The van der Waals surface area contributed by atoms with Crippen molar-refractivity contribution < 1.29 is 9.50 Å². The predicted molar refractivity (Wildman–Crippen MR) is 62.0 cm³/mol. The first kappa shape index (κ1) is 11.2. The highest BCUT2D eigenvalue weighted by Crippen LogP contribution is 2.30. The van der Waals surface area contributed by atoms with E-state index in [0.717, 1.165) is 16.6 Å². The van der Waals surface area contributed by atoms with Gasteiger partial charge >= 0.3 is 0 Å². The molecule has 16 heavy (non-hydrogen) atoms. The minimum atomic E-state index is -0.791. The molecule has 4 heteroatoms. The number of aliphatic hydroxyl groups excluding tert-OH is 1. The highest BCUT2D eigenvalue weighted by atomic mass is 32.1. The van der Waals surface area contributed by atoms with Crippen molar-refractivity contribution in [1.82, 2.24) is 4.98 Å². The van der Waals surface area contributed by atoms with Crippen molar-refractivity contribution in [2.24, 2.45) is 0 Å². The van der Waals surface area contributed by atoms with Crippen molar-refractivity contribution in [3.63, 3.8) is 0 Å². The van der Waals surface area contributed by atoms with Crippen molar-refractivity contribution in [3.05, 3.63) is 51.2 Å². The first-order valence-electron chi connectivity index (χ1n) is 4.93. The molecule has 0 amide bonds. The Balaban J connectivity index is 2.35. The second-order valence-electron chi connectivity index (χ2n) is 3.73. The Bertz CT molecular complexity index is 490. The van der Waals surface area contributed by atoms with Gasteiger partial charge in [-0.2, -0.15) is 0 Å². The van der Waals surface area contributed by atoms with E-state index >= 15 is 0 Å². The summed E-state index contributed by atoms with van der Waals surface area (Å²) in [6.45, 7) is 3.99. The van der Waals surface area contributed by atoms with E-state index in [4.69, 9.17) is 0 Å². The summed E-state index contributed by atoms with van der Waals surface area (Å²) in [6.07, 6.45) is 1.82. The first-order valence-corrected chi connectivity index (χ1v) is 5.75. The molecule has 2 heterocycles. The summed E-state index contributed by atoms with van der Waals surface area (Å²) in [5.41, 5.74) is 1.63. The number of thiophene rings is 1. The van der Waals surface area contributed by atoms with Crippen LogP contribution in [0.2, 0.25) is 0 Å². The summed E-state index contributed by atoms with van der Waals surface area (Å²) in [7, 11) is 0. The molecule has 0 aliphatic carbocycles. The van der Waals surface area contributed by atoms with Gasteiger partial charge in [0.25, 0.3) is 0 Å². The molecule has 0 aliphatic rings. The number of halogens is 1. The largest absolute Gasteiger partial charge is 0.383 e. The van der Waals surface area contributed by atoms with Crippen LogP contribution in [-0.4, -0.2) is 10.1 Å². The van der Waals surface area contributed by atoms with E-state index < -0.39 is 11.9 Å². The zero-order valence-electron chi connectivity index (χ0n) is 9.07. The molecule has 0 radical (unpaired) electrons. The molecule has 1 N–H and O–H groups in total. The number of hydrogen-bond donors (Lipinski definition) is 1. The molecule has 2 rings (SSSR count). The molecule has 84 valence electrons. The van der Waals surface area contributed by atoms with Crippen LogP contribution in [0.1, 0.15) is 27.0 Å². The van der Waals surface area contributed by atoms with Crippen LogP contribution in [0.5, 0.6) is 0 Å². The van der Waals surface area contributed by atoms with Gasteiger partial charge in [-0.25, -0.2) is 4.39 Å². The summed E-state index contributed by atoms with van der Waals surface area (Å²) < 4.78 is 13.0. The van der Waals surface area contributed by atoms with Gasteiger partial charge in [0, 0.05) is 21.5 Å². The van der Waals surface area contributed by atoms with E-state index in [1.807, 2.05) is 19.9 Å². The van der Waals surface area contributed by atoms with Crippen molar-refractivity contribution in [1.29, 1.82) is 0 Å². The molecule has 0 fully saturated rings. The van der Waals surface area contributed by atoms with E-state index in [-0.39, 0.29) is 0 Å². The Morgan fingerprint density at radius 3 is 2.62 bits per heavy atom. The highest BCUT2D eigenvalue weighted by Gasteiger charge is 2.14. The molecule has 0 aromatic carbocycles. The zero-order valence-corrected chi connectivity index (χ0v) is 9.88. The molecule has 2 aromatic rings. The standard InChI is InChI=1S/C12H12FNOS/c1-7-3-11(16-8(7)2)12(15)9-4-10(13)6-14-5-9/h3-6,12,15H,1-2H3. The quantitative estimate of drug-likeness (QED) is 0.871. The predicted octanol–water partition coefficient (Wildman–Crippen LogP) is 2.98. The van der Waals surface area contributed by atoms with Gasteiger partial charge in [-0.15, -0.1) is 11.3 Å². The summed E-state index contributed by atoms with van der Waals surface area (Å²) in [6, 6.07) is 3.23. The normalized spacial score (nSPS) is 12.8. The second-order valence-corrected chi connectivity index (χ2v) is 5.01. The lowest BCUT2D eigenvalue weighted by atomic mass is 10.1. The Morgan fingerprint density at radius 1 is 1.31 bits per heavy atom. The maximum Gasteiger partial charge on any atom is 0.141 e. The van der Waals surface area contributed by atoms with Crippen LogP contribution < -0.4 is 0 Å². The van der Waals surface area contributed by atoms with Crippen LogP contribution in [0.25, 0.3) is 0 Å². The van der Waals surface area contributed by atoms with E-state index in [1.54, 1.807) is 0 Å². The van der Waals surface area contributed by atoms with Crippen molar-refractivity contribution in [2.75, 3.05) is 0 Å². The van der Waals surface area contributed by atoms with Crippen molar-refractivity contribution in [3.8, 4) is 0 Å². The van der Waals surface area contributed by atoms with Gasteiger partial charge < -0.3 is 5.11 Å². The molecule has 0 bridgehead atoms. The first-order chi connectivity index (χ1) is 7.58. The van der Waals surface area contributed by atoms with Crippen LogP contribution >= 0.6 is 11.3 Å². The molecule has 2 nitrogen and oxygen atoms in total. The fourth-order valence-electron chi connectivity index (χ4n) is 1.48. The average Bonchev–Trinajstić information content (AvgIpc) is 2.58. The summed E-state index contributed by atoms with van der Waals surface area (Å²) >= 11 is 1.52. The van der Waals surface area contributed by atoms with Crippen LogP contribution in [0, 0.1) is 19.7 Å². The second kappa shape index (κ2) is 4.31. The number of aryl methyl sites for hydroxylation is 2. The van der Waals surface area contributed by atoms with Crippen LogP contribution in [0.3, 0.4) is 0 Å². The smallest absolute Gasteiger partial charge is 0.141 e. The average molecular weight is 237 g/mol. The number of aromatic nitrogens is 1. The summed E-state index contributed by atoms with van der Waals surface area (Å²) in [4.78, 5) is 5.72. The van der Waals surface area contributed by atoms with Gasteiger partial charge in [0.2, 0.25) is 0 Å². The Labute approximate surface area is 97.4 Å². The Hall–Kier alpha value is -1.26. The molecular formula is C12H12FNOS. The van der Waals surface area contributed by atoms with E-state index in [9.17, 15) is 9.50 Å². The molecule has 1 unspecified atom stereocenters. The minimum absolute atomic E-state index is 0.429. The maximum absolute atomic E-state index is 13.0. The molecule has 0 saturated heterocycles. The number of pyridine rings is 1. The fraction of sp³-hybridized carbons (Fsp3) is 0.250. The number of rotatable bonds is 2. The number of aliphatic hydroxyl groups is 1. The molecule has 0 aliphatic heterocycles. The third-order valence-corrected chi connectivity index (χ3v) is 3.70. The topological polar surface area (TPSA) is 33.1 Å². The van der Waals surface area contributed by atoms with Gasteiger partial charge in [-0.3, -0.25) is 4.98 Å². The number of nitrogens with zero attached hydrogens (tertiary/aromatic N) is 1. The van der Waals surface area contributed by atoms with Gasteiger partial charge in [-0.05, 0) is 31.5 Å². The third-order valence-electron chi connectivity index (χ3n) is 2.50. The lowest BCUT2D eigenvalue weighted by molar-refractivity contribution is 0.223. The Morgan fingerprint density at radius 2 is 2.06 bits per heavy atom. The summed E-state index contributed by atoms with van der Waals surface area (Å²) in [5.74, 6) is -0.429. The zero-order chi connectivity index (χ0) is 11.7. The fourth-order valence-corrected chi connectivity index (χ4v) is 2.54. The monoisotopic (exact) mass is 237 g/mol. The maximum atomic E-state index is 13.0. The summed E-state index contributed by atoms with van der Waals surface area (Å²) in [5, 5.41) is 10.1. The minimum Gasteiger partial charge on any atom is -0.383 e. The van der Waals surface area contributed by atoms with Crippen LogP contribution in [0.15, 0.2) is 24.5 Å². The van der Waals surface area contributed by atoms with Gasteiger partial charge in [0.05, 0.1) is 6.20 Å². The molecular weight excluding hydrogens is 225 g/mol. The van der Waals surface area contributed by atoms with Gasteiger partial charge in [0.1, 0.15) is 11.9 Å². The SMILES string of the molecule is Cc1cc(C(O)c2cncc(F)c2)sc1C. The number of hydrogen-bond acceptors (Lipinski definition) is 3. The van der Waals surface area contributed by atoms with E-state index in [1.165, 1.54) is 28.5 Å². The molecule has 0 saturated carbocycles. The molecule has 1 atom stereocenters. The van der Waals surface area contributed by atoms with Crippen molar-refractivity contribution in [2.45, 2.75) is 20.0 Å². The van der Waals surface area contributed by atoms with Gasteiger partial charge in [-0.1, -0.05) is 0 Å². The molecule has 2 aromatic heterocycles.